The Morgan fingerprint density at radius 2 is 2.22 bits per heavy atom. The average Bonchev–Trinajstić information content (AvgIpc) is 3.02. The SMILES string of the molecule is CNCCc1nnnn1-c1c[nH]c2ccccc12. The van der Waals surface area contributed by atoms with Crippen LogP contribution in [0.2, 0.25) is 0 Å². The minimum absolute atomic E-state index is 0.795. The molecule has 2 aromatic heterocycles. The van der Waals surface area contributed by atoms with Crippen LogP contribution in [0.3, 0.4) is 0 Å². The molecule has 0 unspecified atom stereocenters. The zero-order valence-electron chi connectivity index (χ0n) is 10.1. The Kier molecular flexibility index (Phi) is 2.77. The Morgan fingerprint density at radius 1 is 1.33 bits per heavy atom. The van der Waals surface area contributed by atoms with Gasteiger partial charge in [0.05, 0.1) is 5.69 Å². The Bertz CT molecular complexity index is 653. The number of fused-ring (bicyclic) bond motifs is 1. The van der Waals surface area contributed by atoms with Crippen LogP contribution >= 0.6 is 0 Å². The fraction of sp³-hybridized carbons (Fsp3) is 0.250. The summed E-state index contributed by atoms with van der Waals surface area (Å²) in [6, 6.07) is 8.11. The molecule has 1 aromatic carbocycles. The molecule has 6 heteroatoms. The molecule has 0 aliphatic heterocycles. The summed E-state index contributed by atoms with van der Waals surface area (Å²) in [5.41, 5.74) is 2.07. The van der Waals surface area contributed by atoms with Crippen LogP contribution in [-0.4, -0.2) is 38.8 Å². The second-order valence-electron chi connectivity index (χ2n) is 4.08. The number of hydrogen-bond donors (Lipinski definition) is 2. The lowest BCUT2D eigenvalue weighted by Crippen LogP contribution is -2.14. The van der Waals surface area contributed by atoms with Gasteiger partial charge in [0.1, 0.15) is 0 Å². The molecule has 0 saturated heterocycles. The number of aromatic amines is 1. The first-order valence-electron chi connectivity index (χ1n) is 5.88. The van der Waals surface area contributed by atoms with E-state index < -0.39 is 0 Å². The lowest BCUT2D eigenvalue weighted by Gasteiger charge is -2.02. The lowest BCUT2D eigenvalue weighted by molar-refractivity contribution is 0.718. The molecule has 0 bridgehead atoms. The van der Waals surface area contributed by atoms with E-state index in [-0.39, 0.29) is 0 Å². The van der Waals surface area contributed by atoms with Gasteiger partial charge in [-0.15, -0.1) is 5.10 Å². The number of nitrogens with one attached hydrogen (secondary N) is 2. The lowest BCUT2D eigenvalue weighted by atomic mass is 10.2. The molecule has 92 valence electrons. The smallest absolute Gasteiger partial charge is 0.158 e. The molecule has 0 radical (unpaired) electrons. The number of benzene rings is 1. The molecule has 2 heterocycles. The highest BCUT2D eigenvalue weighted by Crippen LogP contribution is 2.21. The quantitative estimate of drug-likeness (QED) is 0.713. The van der Waals surface area contributed by atoms with E-state index in [1.807, 2.05) is 31.4 Å². The molecule has 18 heavy (non-hydrogen) atoms. The molecule has 0 saturated carbocycles. The molecule has 0 aliphatic carbocycles. The van der Waals surface area contributed by atoms with Crippen molar-refractivity contribution in [3.8, 4) is 5.69 Å². The van der Waals surface area contributed by atoms with Gasteiger partial charge in [-0.1, -0.05) is 18.2 Å². The van der Waals surface area contributed by atoms with Crippen molar-refractivity contribution < 1.29 is 0 Å². The van der Waals surface area contributed by atoms with Gasteiger partial charge in [-0.25, -0.2) is 0 Å². The molecule has 0 atom stereocenters. The van der Waals surface area contributed by atoms with E-state index in [1.54, 1.807) is 4.68 Å². The summed E-state index contributed by atoms with van der Waals surface area (Å²) in [4.78, 5) is 3.23. The van der Waals surface area contributed by atoms with Gasteiger partial charge in [0.25, 0.3) is 0 Å². The van der Waals surface area contributed by atoms with Gasteiger partial charge in [-0.3, -0.25) is 0 Å². The van der Waals surface area contributed by atoms with Crippen molar-refractivity contribution in [1.29, 1.82) is 0 Å². The van der Waals surface area contributed by atoms with Crippen molar-refractivity contribution >= 4 is 10.9 Å². The zero-order chi connectivity index (χ0) is 12.4. The average molecular weight is 242 g/mol. The first-order chi connectivity index (χ1) is 8.90. The molecular weight excluding hydrogens is 228 g/mol. The largest absolute Gasteiger partial charge is 0.359 e. The second kappa shape index (κ2) is 4.58. The first-order valence-corrected chi connectivity index (χ1v) is 5.88. The van der Waals surface area contributed by atoms with Crippen molar-refractivity contribution in [1.82, 2.24) is 30.5 Å². The molecule has 0 spiro atoms. The minimum atomic E-state index is 0.795. The molecule has 0 amide bonds. The van der Waals surface area contributed by atoms with Gasteiger partial charge in [0.15, 0.2) is 5.82 Å². The van der Waals surface area contributed by atoms with Crippen molar-refractivity contribution in [2.75, 3.05) is 13.6 Å². The van der Waals surface area contributed by atoms with Crippen molar-refractivity contribution in [2.45, 2.75) is 6.42 Å². The highest BCUT2D eigenvalue weighted by atomic mass is 15.5. The monoisotopic (exact) mass is 242 g/mol. The van der Waals surface area contributed by atoms with Crippen LogP contribution in [0.5, 0.6) is 0 Å². The third-order valence-corrected chi connectivity index (χ3v) is 2.93. The van der Waals surface area contributed by atoms with Crippen LogP contribution in [0, 0.1) is 0 Å². The van der Waals surface area contributed by atoms with E-state index in [0.29, 0.717) is 0 Å². The van der Waals surface area contributed by atoms with E-state index in [0.717, 1.165) is 35.4 Å². The summed E-state index contributed by atoms with van der Waals surface area (Å²) in [6.07, 6.45) is 2.73. The molecule has 3 rings (SSSR count). The number of hydrogen-bond acceptors (Lipinski definition) is 4. The molecule has 2 N–H and O–H groups in total. The summed E-state index contributed by atoms with van der Waals surface area (Å²) in [5.74, 6) is 0.856. The standard InChI is InChI=1S/C12H14N6/c1-13-7-6-12-15-16-17-18(12)11-8-14-10-5-3-2-4-9(10)11/h2-5,8,13-14H,6-7H2,1H3. The number of nitrogens with zero attached hydrogens (tertiary/aromatic N) is 4. The Hall–Kier alpha value is -2.21. The fourth-order valence-corrected chi connectivity index (χ4v) is 2.02. The highest BCUT2D eigenvalue weighted by molar-refractivity contribution is 5.88. The predicted octanol–water partition coefficient (Wildman–Crippen LogP) is 0.905. The van der Waals surface area contributed by atoms with Crippen molar-refractivity contribution in [2.24, 2.45) is 0 Å². The van der Waals surface area contributed by atoms with Crippen LogP contribution in [0.25, 0.3) is 16.6 Å². The number of tetrazole rings is 1. The van der Waals surface area contributed by atoms with Crippen LogP contribution in [0.4, 0.5) is 0 Å². The van der Waals surface area contributed by atoms with Gasteiger partial charge in [-0.2, -0.15) is 4.68 Å². The van der Waals surface area contributed by atoms with Crippen LogP contribution in [-0.2, 0) is 6.42 Å². The maximum Gasteiger partial charge on any atom is 0.158 e. The zero-order valence-corrected chi connectivity index (χ0v) is 10.1. The second-order valence-corrected chi connectivity index (χ2v) is 4.08. The molecule has 3 aromatic rings. The maximum absolute atomic E-state index is 4.07. The number of para-hydroxylation sites is 1. The van der Waals surface area contributed by atoms with Gasteiger partial charge in [0, 0.05) is 30.1 Å². The topological polar surface area (TPSA) is 71.4 Å². The van der Waals surface area contributed by atoms with Crippen molar-refractivity contribution in [3.63, 3.8) is 0 Å². The molecule has 0 aliphatic rings. The van der Waals surface area contributed by atoms with E-state index >= 15 is 0 Å². The number of aromatic nitrogens is 5. The number of likely N-dealkylation sites (N-methyl/N-ethyl adjacent to an activating group) is 1. The van der Waals surface area contributed by atoms with Gasteiger partial charge in [-0.05, 0) is 23.5 Å². The normalized spacial score (nSPS) is 11.2. The summed E-state index contributed by atoms with van der Waals surface area (Å²) < 4.78 is 1.79. The van der Waals surface area contributed by atoms with Crippen molar-refractivity contribution in [3.05, 3.63) is 36.3 Å². The van der Waals surface area contributed by atoms with Crippen LogP contribution in [0.1, 0.15) is 5.82 Å². The Labute approximate surface area is 104 Å². The Morgan fingerprint density at radius 3 is 3.11 bits per heavy atom. The molecular formula is C12H14N6. The summed E-state index contributed by atoms with van der Waals surface area (Å²) in [7, 11) is 1.92. The van der Waals surface area contributed by atoms with E-state index in [9.17, 15) is 0 Å². The summed E-state index contributed by atoms with van der Waals surface area (Å²) in [5, 5.41) is 16.1. The summed E-state index contributed by atoms with van der Waals surface area (Å²) in [6.45, 7) is 0.850. The van der Waals surface area contributed by atoms with Crippen LogP contribution in [0.15, 0.2) is 30.5 Å². The summed E-state index contributed by atoms with van der Waals surface area (Å²) >= 11 is 0. The van der Waals surface area contributed by atoms with Crippen LogP contribution < -0.4 is 5.32 Å². The predicted molar refractivity (Wildman–Crippen MR) is 68.6 cm³/mol. The van der Waals surface area contributed by atoms with E-state index in [2.05, 4.69) is 31.9 Å². The first kappa shape index (κ1) is 10.9. The van der Waals surface area contributed by atoms with Gasteiger partial charge in [0.2, 0.25) is 0 Å². The number of rotatable bonds is 4. The maximum atomic E-state index is 4.07. The third-order valence-electron chi connectivity index (χ3n) is 2.93. The number of H-pyrrole nitrogens is 1. The van der Waals surface area contributed by atoms with Gasteiger partial charge >= 0.3 is 0 Å². The Balaban J connectivity index is 2.06. The fourth-order valence-electron chi connectivity index (χ4n) is 2.02. The highest BCUT2D eigenvalue weighted by Gasteiger charge is 2.11. The van der Waals surface area contributed by atoms with E-state index in [4.69, 9.17) is 0 Å². The molecule has 0 fully saturated rings. The van der Waals surface area contributed by atoms with E-state index in [1.165, 1.54) is 0 Å². The molecule has 6 nitrogen and oxygen atoms in total. The minimum Gasteiger partial charge on any atom is -0.359 e. The van der Waals surface area contributed by atoms with Gasteiger partial charge < -0.3 is 10.3 Å². The third kappa shape index (κ3) is 1.76.